The van der Waals surface area contributed by atoms with Crippen LogP contribution in [0.5, 0.6) is 5.75 Å². The van der Waals surface area contributed by atoms with E-state index in [0.717, 1.165) is 16.9 Å². The first-order valence-corrected chi connectivity index (χ1v) is 13.3. The lowest BCUT2D eigenvalue weighted by atomic mass is 10.0. The molecule has 0 saturated carbocycles. The van der Waals surface area contributed by atoms with Gasteiger partial charge in [0.1, 0.15) is 18.5 Å². The molecule has 0 aliphatic heterocycles. The van der Waals surface area contributed by atoms with E-state index in [4.69, 9.17) is 4.74 Å². The predicted molar refractivity (Wildman–Crippen MR) is 155 cm³/mol. The summed E-state index contributed by atoms with van der Waals surface area (Å²) in [4.78, 5) is 37.3. The van der Waals surface area contributed by atoms with E-state index >= 15 is 0 Å². The third-order valence-electron chi connectivity index (χ3n) is 6.11. The lowest BCUT2D eigenvalue weighted by Gasteiger charge is -2.30. The summed E-state index contributed by atoms with van der Waals surface area (Å²) < 4.78 is 5.50. The summed E-state index contributed by atoms with van der Waals surface area (Å²) >= 11 is 0. The minimum atomic E-state index is -1.27. The van der Waals surface area contributed by atoms with Crippen LogP contribution in [0.2, 0.25) is 0 Å². The molecule has 0 aromatic heterocycles. The maximum absolute atomic E-state index is 12.4. The Hall–Kier alpha value is -4.61. The van der Waals surface area contributed by atoms with Crippen molar-refractivity contribution in [1.29, 1.82) is 0 Å². The quantitative estimate of drug-likeness (QED) is 0.174. The molecule has 2 atom stereocenters. The van der Waals surface area contributed by atoms with Gasteiger partial charge in [-0.05, 0) is 66.9 Å². The highest BCUT2D eigenvalue weighted by Crippen LogP contribution is 2.16. The van der Waals surface area contributed by atoms with Crippen LogP contribution in [0, 0.1) is 0 Å². The Balaban J connectivity index is 1.51. The van der Waals surface area contributed by atoms with E-state index in [1.54, 1.807) is 72.8 Å². The molecular formula is C30H36N4O7. The molecule has 0 heterocycles. The zero-order chi connectivity index (χ0) is 29.6. The molecule has 11 heteroatoms. The van der Waals surface area contributed by atoms with Gasteiger partial charge in [-0.25, -0.2) is 9.59 Å². The van der Waals surface area contributed by atoms with Gasteiger partial charge in [-0.1, -0.05) is 37.3 Å². The van der Waals surface area contributed by atoms with Crippen molar-refractivity contribution in [3.63, 3.8) is 0 Å². The van der Waals surface area contributed by atoms with E-state index in [1.165, 1.54) is 0 Å². The lowest BCUT2D eigenvalue weighted by Crippen LogP contribution is -2.48. The highest BCUT2D eigenvalue weighted by molar-refractivity contribution is 6.00. The van der Waals surface area contributed by atoms with Gasteiger partial charge in [-0.2, -0.15) is 0 Å². The molecular weight excluding hydrogens is 528 g/mol. The molecule has 0 radical (unpaired) electrons. The minimum absolute atomic E-state index is 0.104. The molecule has 11 nitrogen and oxygen atoms in total. The molecule has 6 N–H and O–H groups in total. The van der Waals surface area contributed by atoms with Crippen LogP contribution >= 0.6 is 0 Å². The number of hydrogen-bond donors (Lipinski definition) is 6. The molecule has 0 spiro atoms. The Morgan fingerprint density at radius 1 is 0.902 bits per heavy atom. The molecule has 4 amide bonds. The minimum Gasteiger partial charge on any atom is -0.491 e. The standard InChI is InChI=1S/C30H36N4O7/c1-2-16-31-28(37)22-10-14-24(15-11-22)33-29(38)32-23-12-8-21(9-13-23)17-25(19-35)34(30(39)40)18-26(36)20-41-27-6-4-3-5-7-27/h3-15,25-26,35-36H,2,16-20H2,1H3,(H,31,37)(H,39,40)(H2,32,33,38)/t25-,26-/m0/s1. The van der Waals surface area contributed by atoms with Crippen molar-refractivity contribution < 1.29 is 34.4 Å². The Kier molecular flexibility index (Phi) is 12.0. The first-order chi connectivity index (χ1) is 19.8. The average molecular weight is 565 g/mol. The Labute approximate surface area is 238 Å². The molecule has 3 aromatic carbocycles. The number of ether oxygens (including phenoxy) is 1. The van der Waals surface area contributed by atoms with Crippen LogP contribution in [-0.2, 0) is 6.42 Å². The fourth-order valence-corrected chi connectivity index (χ4v) is 3.98. The maximum atomic E-state index is 12.4. The van der Waals surface area contributed by atoms with Gasteiger partial charge in [0.25, 0.3) is 5.91 Å². The Morgan fingerprint density at radius 2 is 1.51 bits per heavy atom. The zero-order valence-corrected chi connectivity index (χ0v) is 22.8. The van der Waals surface area contributed by atoms with Gasteiger partial charge in [0.2, 0.25) is 0 Å². The van der Waals surface area contributed by atoms with Crippen molar-refractivity contribution in [2.75, 3.05) is 36.9 Å². The van der Waals surface area contributed by atoms with Crippen LogP contribution in [0.3, 0.4) is 0 Å². The largest absolute Gasteiger partial charge is 0.491 e. The highest BCUT2D eigenvalue weighted by atomic mass is 16.5. The third-order valence-corrected chi connectivity index (χ3v) is 6.11. The Bertz CT molecular complexity index is 1250. The molecule has 218 valence electrons. The number of aliphatic hydroxyl groups is 2. The molecule has 0 saturated heterocycles. The number of nitrogens with zero attached hydrogens (tertiary/aromatic N) is 1. The molecule has 41 heavy (non-hydrogen) atoms. The van der Waals surface area contributed by atoms with Gasteiger partial charge >= 0.3 is 12.1 Å². The molecule has 3 aromatic rings. The molecule has 3 rings (SSSR count). The smallest absolute Gasteiger partial charge is 0.407 e. The summed E-state index contributed by atoms with van der Waals surface area (Å²) in [5.41, 5.74) is 2.25. The van der Waals surface area contributed by atoms with E-state index in [1.807, 2.05) is 13.0 Å². The summed E-state index contributed by atoms with van der Waals surface area (Å²) in [5.74, 6) is 0.380. The van der Waals surface area contributed by atoms with E-state index in [0.29, 0.717) is 29.2 Å². The van der Waals surface area contributed by atoms with Crippen molar-refractivity contribution in [3.05, 3.63) is 90.0 Å². The normalized spacial score (nSPS) is 12.1. The second-order valence-electron chi connectivity index (χ2n) is 9.36. The summed E-state index contributed by atoms with van der Waals surface area (Å²) in [6, 6.07) is 20.9. The molecule has 0 aliphatic carbocycles. The van der Waals surface area contributed by atoms with E-state index in [9.17, 15) is 29.7 Å². The highest BCUT2D eigenvalue weighted by Gasteiger charge is 2.26. The van der Waals surface area contributed by atoms with Gasteiger partial charge in [0, 0.05) is 23.5 Å². The van der Waals surface area contributed by atoms with Gasteiger partial charge < -0.3 is 40.9 Å². The van der Waals surface area contributed by atoms with Crippen LogP contribution in [-0.4, -0.2) is 76.7 Å². The summed E-state index contributed by atoms with van der Waals surface area (Å²) in [6.07, 6.45) is -1.34. The number of amides is 4. The van der Waals surface area contributed by atoms with Gasteiger partial charge in [-0.15, -0.1) is 0 Å². The number of para-hydroxylation sites is 1. The third kappa shape index (κ3) is 10.1. The molecule has 0 aliphatic rings. The lowest BCUT2D eigenvalue weighted by molar-refractivity contribution is 0.0388. The number of anilines is 2. The number of hydrogen-bond acceptors (Lipinski definition) is 6. The fraction of sp³-hybridized carbons (Fsp3) is 0.300. The first-order valence-electron chi connectivity index (χ1n) is 13.3. The topological polar surface area (TPSA) is 160 Å². The van der Waals surface area contributed by atoms with Crippen LogP contribution in [0.4, 0.5) is 21.0 Å². The Morgan fingerprint density at radius 3 is 2.07 bits per heavy atom. The van der Waals surface area contributed by atoms with Gasteiger partial charge in [0.05, 0.1) is 19.2 Å². The number of aliphatic hydroxyl groups excluding tert-OH is 2. The van der Waals surface area contributed by atoms with Crippen molar-refractivity contribution in [2.45, 2.75) is 31.9 Å². The monoisotopic (exact) mass is 564 g/mol. The maximum Gasteiger partial charge on any atom is 0.407 e. The van der Waals surface area contributed by atoms with Gasteiger partial charge in [-0.3, -0.25) is 4.79 Å². The second-order valence-corrected chi connectivity index (χ2v) is 9.36. The van der Waals surface area contributed by atoms with E-state index in [2.05, 4.69) is 16.0 Å². The van der Waals surface area contributed by atoms with Crippen LogP contribution < -0.4 is 20.7 Å². The fourth-order valence-electron chi connectivity index (χ4n) is 3.98. The number of nitrogens with one attached hydrogen (secondary N) is 3. The summed E-state index contributed by atoms with van der Waals surface area (Å²) in [5, 5.41) is 38.2. The number of carbonyl (C=O) groups is 3. The van der Waals surface area contributed by atoms with Crippen molar-refractivity contribution in [2.24, 2.45) is 0 Å². The zero-order valence-electron chi connectivity index (χ0n) is 22.8. The molecule has 0 unspecified atom stereocenters. The number of carbonyl (C=O) groups excluding carboxylic acids is 2. The summed E-state index contributed by atoms with van der Waals surface area (Å²) in [7, 11) is 0. The van der Waals surface area contributed by atoms with Crippen molar-refractivity contribution in [1.82, 2.24) is 10.2 Å². The molecule has 0 bridgehead atoms. The first kappa shape index (κ1) is 30.9. The van der Waals surface area contributed by atoms with E-state index in [-0.39, 0.29) is 25.5 Å². The van der Waals surface area contributed by atoms with Crippen molar-refractivity contribution >= 4 is 29.4 Å². The number of carboxylic acid groups (broad SMARTS) is 1. The average Bonchev–Trinajstić information content (AvgIpc) is 2.98. The van der Waals surface area contributed by atoms with Crippen molar-refractivity contribution in [3.8, 4) is 5.75 Å². The number of rotatable bonds is 14. The predicted octanol–water partition coefficient (Wildman–Crippen LogP) is 3.79. The van der Waals surface area contributed by atoms with Crippen LogP contribution in [0.25, 0.3) is 0 Å². The van der Waals surface area contributed by atoms with Crippen LogP contribution in [0.15, 0.2) is 78.9 Å². The molecule has 0 fully saturated rings. The summed E-state index contributed by atoms with van der Waals surface area (Å²) in [6.45, 7) is 1.77. The van der Waals surface area contributed by atoms with Crippen LogP contribution in [0.1, 0.15) is 29.3 Å². The van der Waals surface area contributed by atoms with E-state index < -0.39 is 30.9 Å². The second kappa shape index (κ2) is 15.8. The van der Waals surface area contributed by atoms with Gasteiger partial charge in [0.15, 0.2) is 0 Å². The number of urea groups is 1. The SMILES string of the molecule is CCCNC(=O)c1ccc(NC(=O)Nc2ccc(C[C@@H](CO)N(C[C@H](O)COc3ccccc3)C(=O)O)cc2)cc1. The number of benzene rings is 3.